The number of H-pyrrole nitrogens is 1. The van der Waals surface area contributed by atoms with Gasteiger partial charge in [-0.2, -0.15) is 0 Å². The van der Waals surface area contributed by atoms with Crippen LogP contribution in [0, 0.1) is 11.8 Å². The molecule has 0 radical (unpaired) electrons. The molecule has 2 N–H and O–H groups in total. The molecule has 0 spiro atoms. The van der Waals surface area contributed by atoms with Gasteiger partial charge < -0.3 is 15.0 Å². The maximum atomic E-state index is 12.2. The van der Waals surface area contributed by atoms with E-state index in [-0.39, 0.29) is 5.92 Å². The molecule has 4 aromatic rings. The number of alkyl carbamates (subject to hydrolysis) is 1. The molecule has 1 aliphatic rings. The molecule has 31 heavy (non-hydrogen) atoms. The number of rotatable bonds is 4. The fourth-order valence-electron chi connectivity index (χ4n) is 4.10. The van der Waals surface area contributed by atoms with Gasteiger partial charge in [-0.25, -0.2) is 9.78 Å². The van der Waals surface area contributed by atoms with Gasteiger partial charge >= 0.3 is 6.09 Å². The minimum atomic E-state index is -0.416. The number of aromatic nitrogens is 2. The molecule has 5 rings (SSSR count). The van der Waals surface area contributed by atoms with Crippen LogP contribution in [-0.4, -0.2) is 29.2 Å². The van der Waals surface area contributed by atoms with Gasteiger partial charge in [-0.05, 0) is 34.4 Å². The number of carbonyl (C=O) groups excluding carboxylic acids is 1. The number of fused-ring (bicyclic) bond motifs is 4. The third kappa shape index (κ3) is 3.76. The Kier molecular flexibility index (Phi) is 5.12. The number of nitrogens with zero attached hydrogens (tertiary/aromatic N) is 1. The second kappa shape index (κ2) is 8.37. The number of benzene rings is 2. The van der Waals surface area contributed by atoms with E-state index in [1.54, 1.807) is 6.20 Å². The first-order valence-electron chi connectivity index (χ1n) is 10.3. The topological polar surface area (TPSA) is 67.0 Å². The van der Waals surface area contributed by atoms with E-state index >= 15 is 0 Å². The summed E-state index contributed by atoms with van der Waals surface area (Å²) in [4.78, 5) is 19.5. The van der Waals surface area contributed by atoms with Crippen LogP contribution >= 0.6 is 0 Å². The quantitative estimate of drug-likeness (QED) is 0.376. The fourth-order valence-corrected chi connectivity index (χ4v) is 4.10. The Hall–Kier alpha value is -4.04. The van der Waals surface area contributed by atoms with Gasteiger partial charge in [0.15, 0.2) is 0 Å². The van der Waals surface area contributed by atoms with Crippen LogP contribution in [0.15, 0.2) is 73.1 Å². The molecule has 5 nitrogen and oxygen atoms in total. The van der Waals surface area contributed by atoms with Crippen molar-refractivity contribution in [2.24, 2.45) is 0 Å². The second-order valence-electron chi connectivity index (χ2n) is 7.40. The summed E-state index contributed by atoms with van der Waals surface area (Å²) in [5.74, 6) is 6.31. The van der Waals surface area contributed by atoms with Gasteiger partial charge in [-0.3, -0.25) is 0 Å². The van der Waals surface area contributed by atoms with Crippen molar-refractivity contribution in [3.63, 3.8) is 0 Å². The van der Waals surface area contributed by atoms with Crippen molar-refractivity contribution < 1.29 is 9.53 Å². The number of ether oxygens (including phenoxy) is 1. The van der Waals surface area contributed by atoms with Gasteiger partial charge in [0.2, 0.25) is 0 Å². The zero-order valence-corrected chi connectivity index (χ0v) is 16.9. The van der Waals surface area contributed by atoms with E-state index in [1.165, 1.54) is 22.3 Å². The van der Waals surface area contributed by atoms with E-state index in [9.17, 15) is 4.79 Å². The van der Waals surface area contributed by atoms with Gasteiger partial charge in [0.25, 0.3) is 0 Å². The monoisotopic (exact) mass is 407 g/mol. The molecule has 0 bridgehead atoms. The van der Waals surface area contributed by atoms with Crippen LogP contribution in [0.3, 0.4) is 0 Å². The molecule has 0 saturated carbocycles. The van der Waals surface area contributed by atoms with Crippen molar-refractivity contribution in [2.75, 3.05) is 13.2 Å². The zero-order valence-electron chi connectivity index (χ0n) is 16.9. The minimum absolute atomic E-state index is 0.0633. The molecule has 1 amide bonds. The lowest BCUT2D eigenvalue weighted by Gasteiger charge is -2.14. The van der Waals surface area contributed by atoms with Crippen LogP contribution in [-0.2, 0) is 4.74 Å². The number of aromatic amines is 1. The van der Waals surface area contributed by atoms with Crippen LogP contribution in [0.4, 0.5) is 4.79 Å². The van der Waals surface area contributed by atoms with E-state index in [0.29, 0.717) is 19.6 Å². The summed E-state index contributed by atoms with van der Waals surface area (Å²) < 4.78 is 5.54. The Morgan fingerprint density at radius 2 is 1.77 bits per heavy atom. The highest BCUT2D eigenvalue weighted by atomic mass is 16.5. The number of hydrogen-bond acceptors (Lipinski definition) is 3. The third-order valence-electron chi connectivity index (χ3n) is 5.55. The molecule has 0 unspecified atom stereocenters. The molecule has 0 fully saturated rings. The van der Waals surface area contributed by atoms with Crippen LogP contribution in [0.2, 0.25) is 0 Å². The lowest BCUT2D eigenvalue weighted by Crippen LogP contribution is -2.26. The first-order chi connectivity index (χ1) is 15.3. The zero-order chi connectivity index (χ0) is 21.0. The summed E-state index contributed by atoms with van der Waals surface area (Å²) in [6, 6.07) is 20.5. The Morgan fingerprint density at radius 1 is 1.03 bits per heavy atom. The first-order valence-corrected chi connectivity index (χ1v) is 10.3. The maximum absolute atomic E-state index is 12.2. The summed E-state index contributed by atoms with van der Waals surface area (Å²) in [6.07, 6.45) is 3.71. The Labute approximate surface area is 180 Å². The average molecular weight is 407 g/mol. The number of nitrogens with one attached hydrogen (secondary N) is 2. The van der Waals surface area contributed by atoms with Crippen molar-refractivity contribution in [2.45, 2.75) is 12.3 Å². The predicted molar refractivity (Wildman–Crippen MR) is 121 cm³/mol. The predicted octanol–water partition coefficient (Wildman–Crippen LogP) is 4.84. The lowest BCUT2D eigenvalue weighted by molar-refractivity contribution is 0.143. The van der Waals surface area contributed by atoms with Gasteiger partial charge in [0.1, 0.15) is 12.3 Å². The fraction of sp³-hybridized carbons (Fsp3) is 0.154. The molecular formula is C26H21N3O2. The van der Waals surface area contributed by atoms with E-state index < -0.39 is 6.09 Å². The highest BCUT2D eigenvalue weighted by Gasteiger charge is 2.28. The number of carbonyl (C=O) groups is 1. The molecule has 2 heterocycles. The van der Waals surface area contributed by atoms with Crippen LogP contribution < -0.4 is 5.32 Å². The summed E-state index contributed by atoms with van der Waals surface area (Å²) in [5.41, 5.74) is 6.59. The Bertz CT molecular complexity index is 1270. The van der Waals surface area contributed by atoms with E-state index in [1.807, 2.05) is 42.6 Å². The first kappa shape index (κ1) is 19.0. The van der Waals surface area contributed by atoms with Gasteiger partial charge in [-0.15, -0.1) is 0 Å². The molecule has 2 aromatic heterocycles. The summed E-state index contributed by atoms with van der Waals surface area (Å²) in [7, 11) is 0. The van der Waals surface area contributed by atoms with E-state index in [2.05, 4.69) is 51.4 Å². The van der Waals surface area contributed by atoms with E-state index in [0.717, 1.165) is 16.6 Å². The van der Waals surface area contributed by atoms with E-state index in [4.69, 9.17) is 4.74 Å². The molecular weight excluding hydrogens is 386 g/mol. The molecule has 152 valence electrons. The summed E-state index contributed by atoms with van der Waals surface area (Å²) in [6.45, 7) is 0.749. The van der Waals surface area contributed by atoms with Gasteiger partial charge in [0, 0.05) is 42.2 Å². The smallest absolute Gasteiger partial charge is 0.407 e. The van der Waals surface area contributed by atoms with Crippen LogP contribution in [0.25, 0.3) is 22.2 Å². The third-order valence-corrected chi connectivity index (χ3v) is 5.55. The summed E-state index contributed by atoms with van der Waals surface area (Å²) in [5, 5.41) is 3.79. The largest absolute Gasteiger partial charge is 0.449 e. The average Bonchev–Trinajstić information content (AvgIpc) is 3.41. The second-order valence-corrected chi connectivity index (χ2v) is 7.40. The lowest BCUT2D eigenvalue weighted by atomic mass is 9.98. The number of hydrogen-bond donors (Lipinski definition) is 2. The molecule has 5 heteroatoms. The minimum Gasteiger partial charge on any atom is -0.449 e. The SMILES string of the molecule is O=C(NCCC#Cc1ccnc2[nH]ccc12)OCC1c2ccccc2-c2ccccc21. The standard InChI is InChI=1S/C26H21N3O2/c30-26(29-14-6-5-7-18-12-15-27-25-19(18)13-16-28-25)31-17-24-22-10-3-1-8-20(22)21-9-2-4-11-23(21)24/h1-4,8-13,15-16,24H,6,14,17H2,(H,27,28)(H,29,30). The van der Waals surface area contributed by atoms with Crippen molar-refractivity contribution in [1.82, 2.24) is 15.3 Å². The van der Waals surface area contributed by atoms with Crippen molar-refractivity contribution in [3.8, 4) is 23.0 Å². The number of amides is 1. The van der Waals surface area contributed by atoms with Crippen molar-refractivity contribution in [3.05, 3.63) is 89.7 Å². The Balaban J connectivity index is 1.15. The highest BCUT2D eigenvalue weighted by molar-refractivity contribution is 5.82. The molecule has 0 atom stereocenters. The maximum Gasteiger partial charge on any atom is 0.407 e. The van der Waals surface area contributed by atoms with Crippen LogP contribution in [0.5, 0.6) is 0 Å². The highest BCUT2D eigenvalue weighted by Crippen LogP contribution is 2.44. The van der Waals surface area contributed by atoms with Gasteiger partial charge in [0.05, 0.1) is 0 Å². The molecule has 2 aromatic carbocycles. The normalized spacial score (nSPS) is 12.0. The van der Waals surface area contributed by atoms with Crippen molar-refractivity contribution in [1.29, 1.82) is 0 Å². The van der Waals surface area contributed by atoms with Crippen LogP contribution in [0.1, 0.15) is 29.0 Å². The van der Waals surface area contributed by atoms with Crippen molar-refractivity contribution >= 4 is 17.1 Å². The summed E-state index contributed by atoms with van der Waals surface area (Å²) >= 11 is 0. The Morgan fingerprint density at radius 3 is 2.55 bits per heavy atom. The molecule has 1 aliphatic carbocycles. The molecule has 0 saturated heterocycles. The number of pyridine rings is 1. The molecule has 0 aliphatic heterocycles. The van der Waals surface area contributed by atoms with Gasteiger partial charge in [-0.1, -0.05) is 60.4 Å².